The van der Waals surface area contributed by atoms with Crippen molar-refractivity contribution in [3.8, 4) is 5.75 Å². The summed E-state index contributed by atoms with van der Waals surface area (Å²) in [5.74, 6) is -1.21. The summed E-state index contributed by atoms with van der Waals surface area (Å²) >= 11 is 1.62. The highest BCUT2D eigenvalue weighted by Crippen LogP contribution is 2.28. The van der Waals surface area contributed by atoms with E-state index in [0.717, 1.165) is 11.0 Å². The number of hydrogen-bond donors (Lipinski definition) is 2. The Labute approximate surface area is 153 Å². The standard InChI is InChI=1S/C18H17FN2O4S/c19-12-3-4-16(25-8-5-13-2-1-9-26-13)14(10-12)20-15-11-17(23)21(6-7-22)18(15)24/h1-4,9-11,20,22H,5-8H2. The molecule has 0 atom stereocenters. The van der Waals surface area contributed by atoms with Crippen molar-refractivity contribution in [1.82, 2.24) is 4.90 Å². The number of aliphatic hydroxyl groups is 1. The number of carbonyl (C=O) groups is 2. The fourth-order valence-electron chi connectivity index (χ4n) is 2.50. The Morgan fingerprint density at radius 3 is 2.85 bits per heavy atom. The van der Waals surface area contributed by atoms with Gasteiger partial charge in [-0.1, -0.05) is 6.07 Å². The smallest absolute Gasteiger partial charge is 0.277 e. The van der Waals surface area contributed by atoms with Crippen LogP contribution in [0.3, 0.4) is 0 Å². The van der Waals surface area contributed by atoms with E-state index in [4.69, 9.17) is 9.84 Å². The second kappa shape index (κ2) is 8.11. The van der Waals surface area contributed by atoms with Gasteiger partial charge in [0, 0.05) is 23.4 Å². The molecular weight excluding hydrogens is 359 g/mol. The number of anilines is 1. The number of nitrogens with one attached hydrogen (secondary N) is 1. The highest BCUT2D eigenvalue weighted by Gasteiger charge is 2.31. The van der Waals surface area contributed by atoms with Crippen LogP contribution < -0.4 is 10.1 Å². The molecule has 1 aromatic heterocycles. The zero-order chi connectivity index (χ0) is 18.5. The Kier molecular flexibility index (Phi) is 5.65. The molecule has 0 spiro atoms. The maximum atomic E-state index is 13.6. The van der Waals surface area contributed by atoms with Crippen molar-refractivity contribution >= 4 is 28.8 Å². The lowest BCUT2D eigenvalue weighted by molar-refractivity contribution is -0.137. The van der Waals surface area contributed by atoms with Crippen molar-refractivity contribution in [1.29, 1.82) is 0 Å². The molecule has 0 fully saturated rings. The van der Waals surface area contributed by atoms with Gasteiger partial charge in [-0.15, -0.1) is 11.3 Å². The van der Waals surface area contributed by atoms with Crippen molar-refractivity contribution in [2.75, 3.05) is 25.1 Å². The normalized spacial score (nSPS) is 13.9. The fourth-order valence-corrected chi connectivity index (χ4v) is 3.19. The minimum Gasteiger partial charge on any atom is -0.491 e. The zero-order valence-corrected chi connectivity index (χ0v) is 14.6. The van der Waals surface area contributed by atoms with E-state index >= 15 is 0 Å². The number of nitrogens with zero attached hydrogens (tertiary/aromatic N) is 1. The van der Waals surface area contributed by atoms with Crippen LogP contribution in [0.1, 0.15) is 4.88 Å². The average Bonchev–Trinajstić information content (AvgIpc) is 3.21. The molecule has 1 aromatic carbocycles. The van der Waals surface area contributed by atoms with E-state index in [1.165, 1.54) is 23.1 Å². The second-order valence-electron chi connectivity index (χ2n) is 5.52. The summed E-state index contributed by atoms with van der Waals surface area (Å²) in [6.45, 7) is -0.0221. The maximum Gasteiger partial charge on any atom is 0.277 e. The quantitative estimate of drug-likeness (QED) is 0.691. The third-order valence-corrected chi connectivity index (χ3v) is 4.67. The van der Waals surface area contributed by atoms with Crippen LogP contribution in [-0.2, 0) is 16.0 Å². The molecule has 26 heavy (non-hydrogen) atoms. The predicted octanol–water partition coefficient (Wildman–Crippen LogP) is 2.17. The van der Waals surface area contributed by atoms with E-state index in [1.807, 2.05) is 17.5 Å². The number of imide groups is 1. The van der Waals surface area contributed by atoms with Gasteiger partial charge in [0.1, 0.15) is 17.3 Å². The van der Waals surface area contributed by atoms with Gasteiger partial charge in [-0.2, -0.15) is 0 Å². The molecule has 136 valence electrons. The van der Waals surface area contributed by atoms with Crippen LogP contribution in [0.25, 0.3) is 0 Å². The van der Waals surface area contributed by atoms with Gasteiger partial charge in [-0.3, -0.25) is 14.5 Å². The van der Waals surface area contributed by atoms with Gasteiger partial charge in [0.2, 0.25) is 0 Å². The minimum atomic E-state index is -0.571. The van der Waals surface area contributed by atoms with Gasteiger partial charge in [0.15, 0.2) is 0 Å². The van der Waals surface area contributed by atoms with Gasteiger partial charge < -0.3 is 15.2 Å². The molecule has 8 heteroatoms. The van der Waals surface area contributed by atoms with Crippen LogP contribution in [0.5, 0.6) is 5.75 Å². The molecule has 1 aliphatic rings. The van der Waals surface area contributed by atoms with Crippen molar-refractivity contribution < 1.29 is 23.8 Å². The number of halogens is 1. The second-order valence-corrected chi connectivity index (χ2v) is 6.55. The van der Waals surface area contributed by atoms with E-state index in [2.05, 4.69) is 5.32 Å². The zero-order valence-electron chi connectivity index (χ0n) is 13.8. The molecular formula is C18H17FN2O4S. The molecule has 0 radical (unpaired) electrons. The highest BCUT2D eigenvalue weighted by atomic mass is 32.1. The first-order chi connectivity index (χ1) is 12.6. The molecule has 0 saturated heterocycles. The molecule has 2 amide bonds. The highest BCUT2D eigenvalue weighted by molar-refractivity contribution is 7.09. The predicted molar refractivity (Wildman–Crippen MR) is 95.4 cm³/mol. The topological polar surface area (TPSA) is 78.9 Å². The van der Waals surface area contributed by atoms with Crippen molar-refractivity contribution in [2.24, 2.45) is 0 Å². The summed E-state index contributed by atoms with van der Waals surface area (Å²) in [6.07, 6.45) is 1.83. The molecule has 0 bridgehead atoms. The Balaban J connectivity index is 1.71. The number of amides is 2. The van der Waals surface area contributed by atoms with Crippen LogP contribution in [-0.4, -0.2) is 41.6 Å². The molecule has 6 nitrogen and oxygen atoms in total. The number of benzene rings is 1. The van der Waals surface area contributed by atoms with E-state index < -0.39 is 17.6 Å². The Morgan fingerprint density at radius 2 is 2.12 bits per heavy atom. The molecule has 1 aliphatic heterocycles. The maximum absolute atomic E-state index is 13.6. The molecule has 0 aliphatic carbocycles. The Morgan fingerprint density at radius 1 is 1.27 bits per heavy atom. The Bertz CT molecular complexity index is 836. The molecule has 0 unspecified atom stereocenters. The average molecular weight is 376 g/mol. The number of rotatable bonds is 8. The lowest BCUT2D eigenvalue weighted by atomic mass is 10.2. The number of β-amino-alcohol motifs (C(OH)–C–C–N with tert-alkyl or cyclic N) is 1. The van der Waals surface area contributed by atoms with E-state index in [9.17, 15) is 14.0 Å². The lowest BCUT2D eigenvalue weighted by Gasteiger charge is -2.15. The summed E-state index contributed by atoms with van der Waals surface area (Å²) in [5.41, 5.74) is 0.270. The van der Waals surface area contributed by atoms with Gasteiger partial charge in [-0.25, -0.2) is 4.39 Å². The summed E-state index contributed by atoms with van der Waals surface area (Å²) < 4.78 is 19.3. The van der Waals surface area contributed by atoms with Gasteiger partial charge in [-0.05, 0) is 23.6 Å². The third-order valence-electron chi connectivity index (χ3n) is 3.73. The molecule has 2 aromatic rings. The van der Waals surface area contributed by atoms with Gasteiger partial charge in [0.25, 0.3) is 11.8 Å². The summed E-state index contributed by atoms with van der Waals surface area (Å²) in [5, 5.41) is 13.7. The van der Waals surface area contributed by atoms with Crippen molar-refractivity contribution in [2.45, 2.75) is 6.42 Å². The summed E-state index contributed by atoms with van der Waals surface area (Å²) in [6, 6.07) is 7.90. The van der Waals surface area contributed by atoms with Crippen LogP contribution in [0.4, 0.5) is 10.1 Å². The fraction of sp³-hybridized carbons (Fsp3) is 0.222. The van der Waals surface area contributed by atoms with Crippen molar-refractivity contribution in [3.05, 3.63) is 58.2 Å². The number of hydrogen-bond acceptors (Lipinski definition) is 6. The lowest BCUT2D eigenvalue weighted by Crippen LogP contribution is -2.34. The molecule has 2 heterocycles. The SMILES string of the molecule is O=C1C=C(Nc2cc(F)ccc2OCCc2cccs2)C(=O)N1CCO. The molecule has 2 N–H and O–H groups in total. The first-order valence-corrected chi connectivity index (χ1v) is 8.86. The number of aliphatic hydroxyl groups excluding tert-OH is 1. The minimum absolute atomic E-state index is 0.0113. The summed E-state index contributed by atoms with van der Waals surface area (Å²) in [4.78, 5) is 26.1. The van der Waals surface area contributed by atoms with Gasteiger partial charge >= 0.3 is 0 Å². The molecule has 0 saturated carbocycles. The van der Waals surface area contributed by atoms with E-state index in [-0.39, 0.29) is 24.5 Å². The monoisotopic (exact) mass is 376 g/mol. The first kappa shape index (κ1) is 18.1. The first-order valence-electron chi connectivity index (χ1n) is 7.98. The Hall–Kier alpha value is -2.71. The van der Waals surface area contributed by atoms with Gasteiger partial charge in [0.05, 0.1) is 25.4 Å². The molecule has 3 rings (SSSR count). The van der Waals surface area contributed by atoms with Crippen LogP contribution >= 0.6 is 11.3 Å². The van der Waals surface area contributed by atoms with Crippen LogP contribution in [0.15, 0.2) is 47.5 Å². The van der Waals surface area contributed by atoms with E-state index in [1.54, 1.807) is 11.3 Å². The third kappa shape index (κ3) is 4.09. The number of ether oxygens (including phenoxy) is 1. The summed E-state index contributed by atoms with van der Waals surface area (Å²) in [7, 11) is 0. The largest absolute Gasteiger partial charge is 0.491 e. The number of thiophene rings is 1. The van der Waals surface area contributed by atoms with Crippen LogP contribution in [0, 0.1) is 5.82 Å². The number of carbonyl (C=O) groups excluding carboxylic acids is 2. The van der Waals surface area contributed by atoms with Crippen LogP contribution in [0.2, 0.25) is 0 Å². The van der Waals surface area contributed by atoms with E-state index in [0.29, 0.717) is 18.8 Å². The van der Waals surface area contributed by atoms with Crippen molar-refractivity contribution in [3.63, 3.8) is 0 Å².